The molecular weight excluding hydrogens is 398 g/mol. The average molecular weight is 413 g/mol. The summed E-state index contributed by atoms with van der Waals surface area (Å²) in [5.41, 5.74) is 0.688. The van der Waals surface area contributed by atoms with E-state index in [4.69, 9.17) is 4.42 Å². The second-order valence-electron chi connectivity index (χ2n) is 5.30. The summed E-state index contributed by atoms with van der Waals surface area (Å²) in [6, 6.07) is 9.84. The molecule has 0 unspecified atom stereocenters. The maximum atomic E-state index is 12.8. The van der Waals surface area contributed by atoms with Crippen LogP contribution in [0.1, 0.15) is 34.7 Å². The van der Waals surface area contributed by atoms with Gasteiger partial charge < -0.3 is 9.32 Å². The fourth-order valence-electron chi connectivity index (χ4n) is 2.31. The molecule has 110 valence electrons. The summed E-state index contributed by atoms with van der Waals surface area (Å²) in [6.45, 7) is 2.44. The third-order valence-corrected chi connectivity index (χ3v) is 4.68. The third-order valence-electron chi connectivity index (χ3n) is 3.53. The van der Waals surface area contributed by atoms with E-state index in [-0.39, 0.29) is 5.91 Å². The first-order chi connectivity index (χ1) is 10.0. The minimum Gasteiger partial charge on any atom is -0.464 e. The van der Waals surface area contributed by atoms with Crippen molar-refractivity contribution in [1.29, 1.82) is 0 Å². The number of hydrogen-bond acceptors (Lipinski definition) is 2. The lowest BCUT2D eigenvalue weighted by Crippen LogP contribution is -2.32. The van der Waals surface area contributed by atoms with Gasteiger partial charge in [0.25, 0.3) is 5.91 Å². The van der Waals surface area contributed by atoms with Gasteiger partial charge in [-0.05, 0) is 66.0 Å². The zero-order chi connectivity index (χ0) is 15.0. The van der Waals surface area contributed by atoms with Crippen LogP contribution >= 0.6 is 31.9 Å². The molecular formula is C16H15Br2NO2. The summed E-state index contributed by atoms with van der Waals surface area (Å²) in [5, 5.41) is 0. The molecule has 1 amide bonds. The topological polar surface area (TPSA) is 33.5 Å². The minimum absolute atomic E-state index is 0.0472. The van der Waals surface area contributed by atoms with E-state index in [1.807, 2.05) is 42.2 Å². The van der Waals surface area contributed by atoms with Crippen LogP contribution in [-0.4, -0.2) is 16.8 Å². The quantitative estimate of drug-likeness (QED) is 0.714. The van der Waals surface area contributed by atoms with Crippen molar-refractivity contribution in [2.24, 2.45) is 0 Å². The number of furan rings is 1. The number of benzene rings is 1. The van der Waals surface area contributed by atoms with E-state index in [0.29, 0.717) is 18.2 Å². The van der Waals surface area contributed by atoms with Gasteiger partial charge in [-0.2, -0.15) is 0 Å². The number of nitrogens with zero attached hydrogens (tertiary/aromatic N) is 1. The van der Waals surface area contributed by atoms with Gasteiger partial charge in [-0.15, -0.1) is 0 Å². The molecule has 1 fully saturated rings. The Kier molecular flexibility index (Phi) is 4.22. The molecule has 1 aliphatic carbocycles. The second-order valence-corrected chi connectivity index (χ2v) is 7.07. The van der Waals surface area contributed by atoms with Crippen LogP contribution in [0.15, 0.2) is 43.7 Å². The Balaban J connectivity index is 1.85. The molecule has 1 aromatic heterocycles. The van der Waals surface area contributed by atoms with Crippen molar-refractivity contribution in [2.45, 2.75) is 32.4 Å². The molecule has 5 heteroatoms. The molecule has 3 nitrogen and oxygen atoms in total. The summed E-state index contributed by atoms with van der Waals surface area (Å²) in [6.07, 6.45) is 2.14. The molecule has 1 aromatic carbocycles. The van der Waals surface area contributed by atoms with Gasteiger partial charge in [0, 0.05) is 15.0 Å². The molecule has 2 aromatic rings. The van der Waals surface area contributed by atoms with Gasteiger partial charge in [-0.3, -0.25) is 4.79 Å². The SMILES string of the molecule is Cc1ccc(CN(C(=O)c2ccc(Br)cc2Br)C2CC2)o1. The van der Waals surface area contributed by atoms with Crippen molar-refractivity contribution in [1.82, 2.24) is 4.90 Å². The van der Waals surface area contributed by atoms with Gasteiger partial charge in [0.2, 0.25) is 0 Å². The van der Waals surface area contributed by atoms with Crippen molar-refractivity contribution >= 4 is 37.8 Å². The van der Waals surface area contributed by atoms with Crippen LogP contribution in [0.5, 0.6) is 0 Å². The maximum Gasteiger partial charge on any atom is 0.255 e. The largest absolute Gasteiger partial charge is 0.464 e. The number of rotatable bonds is 4. The molecule has 1 aliphatic rings. The van der Waals surface area contributed by atoms with Crippen LogP contribution in [0.4, 0.5) is 0 Å². The van der Waals surface area contributed by atoms with Crippen LogP contribution in [0, 0.1) is 6.92 Å². The summed E-state index contributed by atoms with van der Waals surface area (Å²) in [5.74, 6) is 1.75. The molecule has 3 rings (SSSR count). The van der Waals surface area contributed by atoms with Gasteiger partial charge in [0.15, 0.2) is 0 Å². The molecule has 1 heterocycles. The van der Waals surface area contributed by atoms with Crippen LogP contribution < -0.4 is 0 Å². The first kappa shape index (κ1) is 14.9. The normalized spacial score (nSPS) is 14.2. The Morgan fingerprint density at radius 1 is 1.29 bits per heavy atom. The predicted octanol–water partition coefficient (Wildman–Crippen LogP) is 4.92. The molecule has 0 spiro atoms. The number of carbonyl (C=O) groups excluding carboxylic acids is 1. The van der Waals surface area contributed by atoms with E-state index in [2.05, 4.69) is 31.9 Å². The number of halogens is 2. The Morgan fingerprint density at radius 3 is 2.62 bits per heavy atom. The monoisotopic (exact) mass is 411 g/mol. The predicted molar refractivity (Wildman–Crippen MR) is 88.2 cm³/mol. The third kappa shape index (κ3) is 3.40. The van der Waals surface area contributed by atoms with Crippen LogP contribution in [-0.2, 0) is 6.54 Å². The zero-order valence-electron chi connectivity index (χ0n) is 11.6. The lowest BCUT2D eigenvalue weighted by Gasteiger charge is -2.22. The Hall–Kier alpha value is -1.07. The van der Waals surface area contributed by atoms with Crippen molar-refractivity contribution in [3.63, 3.8) is 0 Å². The maximum absolute atomic E-state index is 12.8. The summed E-state index contributed by atoms with van der Waals surface area (Å²) >= 11 is 6.88. The van der Waals surface area contributed by atoms with Crippen LogP contribution in [0.3, 0.4) is 0 Å². The number of carbonyl (C=O) groups is 1. The van der Waals surface area contributed by atoms with E-state index in [1.54, 1.807) is 0 Å². The lowest BCUT2D eigenvalue weighted by molar-refractivity contribution is 0.0716. The van der Waals surface area contributed by atoms with E-state index in [9.17, 15) is 4.79 Å². The van der Waals surface area contributed by atoms with E-state index < -0.39 is 0 Å². The standard InChI is InChI=1S/C16H15Br2NO2/c1-10-2-6-13(21-10)9-19(12-4-5-12)16(20)14-7-3-11(17)8-15(14)18/h2-3,6-8,12H,4-5,9H2,1H3. The van der Waals surface area contributed by atoms with Gasteiger partial charge >= 0.3 is 0 Å². The van der Waals surface area contributed by atoms with Crippen molar-refractivity contribution in [3.8, 4) is 0 Å². The molecule has 21 heavy (non-hydrogen) atoms. The highest BCUT2D eigenvalue weighted by Crippen LogP contribution is 2.32. The van der Waals surface area contributed by atoms with E-state index in [1.165, 1.54) is 0 Å². The number of amides is 1. The lowest BCUT2D eigenvalue weighted by atomic mass is 10.2. The molecule has 0 bridgehead atoms. The molecule has 1 saturated carbocycles. The highest BCUT2D eigenvalue weighted by molar-refractivity contribution is 9.11. The van der Waals surface area contributed by atoms with Crippen molar-refractivity contribution < 1.29 is 9.21 Å². The van der Waals surface area contributed by atoms with E-state index >= 15 is 0 Å². The minimum atomic E-state index is 0.0472. The Bertz CT molecular complexity index is 677. The fraction of sp³-hybridized carbons (Fsp3) is 0.312. The molecule has 0 radical (unpaired) electrons. The average Bonchev–Trinajstić information content (AvgIpc) is 3.19. The highest BCUT2D eigenvalue weighted by atomic mass is 79.9. The molecule has 0 saturated heterocycles. The number of hydrogen-bond donors (Lipinski definition) is 0. The molecule has 0 N–H and O–H groups in total. The van der Waals surface area contributed by atoms with Gasteiger partial charge in [-0.25, -0.2) is 0 Å². The summed E-state index contributed by atoms with van der Waals surface area (Å²) in [7, 11) is 0. The molecule has 0 aliphatic heterocycles. The Morgan fingerprint density at radius 2 is 2.05 bits per heavy atom. The van der Waals surface area contributed by atoms with E-state index in [0.717, 1.165) is 33.3 Å². The molecule has 0 atom stereocenters. The Labute approximate surface area is 140 Å². The highest BCUT2D eigenvalue weighted by Gasteiger charge is 2.34. The van der Waals surface area contributed by atoms with Gasteiger partial charge in [0.1, 0.15) is 11.5 Å². The number of aryl methyl sites for hydroxylation is 1. The fourth-order valence-corrected chi connectivity index (χ4v) is 3.53. The summed E-state index contributed by atoms with van der Waals surface area (Å²) in [4.78, 5) is 14.7. The zero-order valence-corrected chi connectivity index (χ0v) is 14.8. The van der Waals surface area contributed by atoms with Crippen molar-refractivity contribution in [3.05, 3.63) is 56.4 Å². The van der Waals surface area contributed by atoms with Crippen LogP contribution in [0.2, 0.25) is 0 Å². The smallest absolute Gasteiger partial charge is 0.255 e. The van der Waals surface area contributed by atoms with Crippen molar-refractivity contribution in [2.75, 3.05) is 0 Å². The first-order valence-electron chi connectivity index (χ1n) is 6.86. The van der Waals surface area contributed by atoms with Gasteiger partial charge in [0.05, 0.1) is 12.1 Å². The second kappa shape index (κ2) is 5.97. The van der Waals surface area contributed by atoms with Crippen LogP contribution in [0.25, 0.3) is 0 Å². The first-order valence-corrected chi connectivity index (χ1v) is 8.44. The summed E-state index contributed by atoms with van der Waals surface area (Å²) < 4.78 is 7.37. The van der Waals surface area contributed by atoms with Gasteiger partial charge in [-0.1, -0.05) is 15.9 Å².